The predicted molar refractivity (Wildman–Crippen MR) is 101 cm³/mol. The first kappa shape index (κ1) is 18.6. The number of rotatable bonds is 6. The monoisotopic (exact) mass is 355 g/mol. The molecule has 0 fully saturated rings. The zero-order chi connectivity index (χ0) is 18.7. The molecule has 0 spiro atoms. The van der Waals surface area contributed by atoms with Gasteiger partial charge in [0.2, 0.25) is 5.91 Å². The number of carbonyl (C=O) groups is 1. The van der Waals surface area contributed by atoms with Crippen molar-refractivity contribution in [2.75, 3.05) is 6.54 Å². The zero-order valence-corrected chi connectivity index (χ0v) is 16.3. The van der Waals surface area contributed by atoms with E-state index in [1.807, 2.05) is 28.8 Å². The number of hydrogen-bond acceptors (Lipinski definition) is 3. The molecule has 26 heavy (non-hydrogen) atoms. The van der Waals surface area contributed by atoms with Crippen LogP contribution in [0.3, 0.4) is 0 Å². The van der Waals surface area contributed by atoms with E-state index in [4.69, 9.17) is 4.74 Å². The van der Waals surface area contributed by atoms with E-state index in [9.17, 15) is 4.79 Å². The summed E-state index contributed by atoms with van der Waals surface area (Å²) in [5.41, 5.74) is 5.79. The lowest BCUT2D eigenvalue weighted by Crippen LogP contribution is -2.37. The van der Waals surface area contributed by atoms with Gasteiger partial charge in [-0.1, -0.05) is 38.1 Å². The number of nitrogens with zero attached hydrogens (tertiary/aromatic N) is 3. The lowest BCUT2D eigenvalue weighted by Gasteiger charge is -2.28. The molecule has 1 aromatic heterocycles. The molecular formula is C21H29N3O2. The first-order valence-electron chi connectivity index (χ1n) is 9.39. The minimum atomic E-state index is 0.237. The van der Waals surface area contributed by atoms with Crippen LogP contribution in [0.2, 0.25) is 0 Å². The second-order valence-electron chi connectivity index (χ2n) is 7.58. The molecule has 5 heteroatoms. The number of benzene rings is 1. The van der Waals surface area contributed by atoms with E-state index in [1.165, 1.54) is 22.4 Å². The van der Waals surface area contributed by atoms with Crippen LogP contribution >= 0.6 is 0 Å². The largest absolute Gasteiger partial charge is 0.370 e. The van der Waals surface area contributed by atoms with Crippen molar-refractivity contribution in [3.63, 3.8) is 0 Å². The highest BCUT2D eigenvalue weighted by Crippen LogP contribution is 2.24. The normalized spacial score (nSPS) is 14.0. The van der Waals surface area contributed by atoms with Crippen LogP contribution in [0.5, 0.6) is 0 Å². The molecular weight excluding hydrogens is 326 g/mol. The average Bonchev–Trinajstić information content (AvgIpc) is 2.91. The number of hydrogen-bond donors (Lipinski definition) is 0. The van der Waals surface area contributed by atoms with E-state index in [0.29, 0.717) is 32.1 Å². The Kier molecular flexibility index (Phi) is 5.77. The van der Waals surface area contributed by atoms with Gasteiger partial charge in [0.05, 0.1) is 18.9 Å². The van der Waals surface area contributed by atoms with Crippen LogP contribution in [0.15, 0.2) is 24.3 Å². The summed E-state index contributed by atoms with van der Waals surface area (Å²) in [5, 5.41) is 4.65. The summed E-state index contributed by atoms with van der Waals surface area (Å²) >= 11 is 0. The van der Waals surface area contributed by atoms with Crippen LogP contribution in [-0.4, -0.2) is 27.1 Å². The second kappa shape index (κ2) is 8.04. The van der Waals surface area contributed by atoms with Gasteiger partial charge in [-0.25, -0.2) is 0 Å². The van der Waals surface area contributed by atoms with Gasteiger partial charge in [-0.3, -0.25) is 9.48 Å². The highest BCUT2D eigenvalue weighted by molar-refractivity contribution is 5.76. The summed E-state index contributed by atoms with van der Waals surface area (Å²) in [5.74, 6) is 0.621. The molecule has 0 N–H and O–H groups in total. The molecule has 1 aliphatic heterocycles. The van der Waals surface area contributed by atoms with Crippen LogP contribution < -0.4 is 0 Å². The third kappa shape index (κ3) is 4.15. The Morgan fingerprint density at radius 1 is 1.27 bits per heavy atom. The molecule has 2 aromatic rings. The van der Waals surface area contributed by atoms with Crippen LogP contribution in [0.25, 0.3) is 0 Å². The van der Waals surface area contributed by atoms with Crippen molar-refractivity contribution >= 4 is 5.91 Å². The van der Waals surface area contributed by atoms with E-state index in [-0.39, 0.29) is 5.91 Å². The summed E-state index contributed by atoms with van der Waals surface area (Å²) in [4.78, 5) is 14.4. The predicted octanol–water partition coefficient (Wildman–Crippen LogP) is 3.38. The molecule has 3 rings (SSSR count). The molecule has 1 aliphatic rings. The third-order valence-electron chi connectivity index (χ3n) is 5.02. The molecule has 1 amide bonds. The fourth-order valence-corrected chi connectivity index (χ4v) is 3.51. The maximum Gasteiger partial charge on any atom is 0.223 e. The quantitative estimate of drug-likeness (QED) is 0.798. The fraction of sp³-hybridized carbons (Fsp3) is 0.524. The van der Waals surface area contributed by atoms with Crippen molar-refractivity contribution in [3.8, 4) is 0 Å². The first-order chi connectivity index (χ1) is 12.5. The molecule has 0 unspecified atom stereocenters. The smallest absolute Gasteiger partial charge is 0.223 e. The van der Waals surface area contributed by atoms with E-state index in [0.717, 1.165) is 18.7 Å². The number of aromatic nitrogens is 2. The minimum Gasteiger partial charge on any atom is -0.370 e. The average molecular weight is 355 g/mol. The first-order valence-corrected chi connectivity index (χ1v) is 9.39. The maximum atomic E-state index is 12.4. The van der Waals surface area contributed by atoms with E-state index in [2.05, 4.69) is 38.0 Å². The van der Waals surface area contributed by atoms with Crippen LogP contribution in [0.1, 0.15) is 48.3 Å². The Morgan fingerprint density at radius 2 is 2.04 bits per heavy atom. The summed E-state index contributed by atoms with van der Waals surface area (Å²) in [6, 6.07) is 8.26. The number of amides is 1. The van der Waals surface area contributed by atoms with Crippen molar-refractivity contribution in [3.05, 3.63) is 52.3 Å². The van der Waals surface area contributed by atoms with E-state index in [1.54, 1.807) is 0 Å². The summed E-state index contributed by atoms with van der Waals surface area (Å²) < 4.78 is 7.90. The summed E-state index contributed by atoms with van der Waals surface area (Å²) in [7, 11) is 1.98. The molecule has 0 bridgehead atoms. The van der Waals surface area contributed by atoms with Crippen LogP contribution in [0, 0.1) is 12.8 Å². The van der Waals surface area contributed by atoms with Gasteiger partial charge in [0.25, 0.3) is 0 Å². The van der Waals surface area contributed by atoms with Gasteiger partial charge in [-0.05, 0) is 24.0 Å². The Morgan fingerprint density at radius 3 is 2.77 bits per heavy atom. The molecule has 5 nitrogen and oxygen atoms in total. The van der Waals surface area contributed by atoms with Gasteiger partial charge in [-0.2, -0.15) is 5.10 Å². The van der Waals surface area contributed by atoms with Gasteiger partial charge in [0, 0.05) is 44.2 Å². The molecule has 0 aliphatic carbocycles. The topological polar surface area (TPSA) is 47.4 Å². The van der Waals surface area contributed by atoms with E-state index < -0.39 is 0 Å². The van der Waals surface area contributed by atoms with Gasteiger partial charge >= 0.3 is 0 Å². The Balaban J connectivity index is 1.67. The minimum absolute atomic E-state index is 0.237. The number of ether oxygens (including phenoxy) is 1. The molecule has 2 heterocycles. The van der Waals surface area contributed by atoms with Crippen molar-refractivity contribution < 1.29 is 9.53 Å². The molecule has 140 valence electrons. The van der Waals surface area contributed by atoms with Crippen LogP contribution in [0.4, 0.5) is 0 Å². The number of aryl methyl sites for hydroxylation is 2. The lowest BCUT2D eigenvalue weighted by atomic mass is 10.0. The van der Waals surface area contributed by atoms with E-state index >= 15 is 0 Å². The molecule has 0 saturated heterocycles. The van der Waals surface area contributed by atoms with Crippen molar-refractivity contribution in [2.24, 2.45) is 13.0 Å². The van der Waals surface area contributed by atoms with Crippen molar-refractivity contribution in [1.29, 1.82) is 0 Å². The van der Waals surface area contributed by atoms with Gasteiger partial charge in [0.15, 0.2) is 0 Å². The summed E-state index contributed by atoms with van der Waals surface area (Å²) in [6.45, 7) is 8.75. The van der Waals surface area contributed by atoms with Gasteiger partial charge in [0.1, 0.15) is 0 Å². The lowest BCUT2D eigenvalue weighted by molar-refractivity contribution is -0.132. The second-order valence-corrected chi connectivity index (χ2v) is 7.58. The van der Waals surface area contributed by atoms with Gasteiger partial charge in [-0.15, -0.1) is 0 Å². The highest BCUT2D eigenvalue weighted by atomic mass is 16.5. The van der Waals surface area contributed by atoms with Crippen LogP contribution in [-0.2, 0) is 42.8 Å². The molecule has 0 atom stereocenters. The highest BCUT2D eigenvalue weighted by Gasteiger charge is 2.26. The van der Waals surface area contributed by atoms with Crippen molar-refractivity contribution in [1.82, 2.24) is 14.7 Å². The fourth-order valence-electron chi connectivity index (χ4n) is 3.51. The maximum absolute atomic E-state index is 12.4. The van der Waals surface area contributed by atoms with Gasteiger partial charge < -0.3 is 9.64 Å². The zero-order valence-electron chi connectivity index (χ0n) is 16.3. The number of carbonyl (C=O) groups excluding carboxylic acids is 1. The summed E-state index contributed by atoms with van der Waals surface area (Å²) in [6.07, 6.45) is 1.47. The Bertz CT molecular complexity index is 780. The molecule has 0 saturated carbocycles. The van der Waals surface area contributed by atoms with Crippen molar-refractivity contribution in [2.45, 2.75) is 53.4 Å². The third-order valence-corrected chi connectivity index (χ3v) is 5.02. The standard InChI is InChI=1S/C21H29N3O2/c1-15(2)11-21(25)24-10-9-20-18(12-24)19(22-23(20)4)14-26-13-17-8-6-5-7-16(17)3/h5-8,15H,9-14H2,1-4H3. The Hall–Kier alpha value is -2.14. The number of fused-ring (bicyclic) bond motifs is 1. The Labute approximate surface area is 156 Å². The molecule has 1 aromatic carbocycles. The molecule has 0 radical (unpaired) electrons. The SMILES string of the molecule is Cc1ccccc1COCc1nn(C)c2c1CN(C(=O)CC(C)C)CC2.